The Kier molecular flexibility index (Phi) is 8.93. The number of ether oxygens (including phenoxy) is 2. The molecule has 30 heavy (non-hydrogen) atoms. The van der Waals surface area contributed by atoms with Crippen molar-refractivity contribution in [1.29, 1.82) is 0 Å². The van der Waals surface area contributed by atoms with Crippen LogP contribution < -0.4 is 0 Å². The number of unbranched alkanes of at least 4 members (excludes halogenated alkanes) is 1. The molecule has 0 aliphatic heterocycles. The summed E-state index contributed by atoms with van der Waals surface area (Å²) in [6.45, 7) is 2.16. The molecule has 1 aromatic heterocycles. The molecule has 0 fully saturated rings. The maximum atomic E-state index is 13.3. The fraction of sp³-hybridized carbons (Fsp3) is 0.409. The summed E-state index contributed by atoms with van der Waals surface area (Å²) in [5.41, 5.74) is 1.54. The van der Waals surface area contributed by atoms with Gasteiger partial charge in [0.2, 0.25) is 5.78 Å². The van der Waals surface area contributed by atoms with Crippen LogP contribution in [0.25, 0.3) is 0 Å². The van der Waals surface area contributed by atoms with Crippen molar-refractivity contribution in [2.45, 2.75) is 39.2 Å². The zero-order valence-corrected chi connectivity index (χ0v) is 18.8. The van der Waals surface area contributed by atoms with Gasteiger partial charge in [-0.05, 0) is 19.3 Å². The van der Waals surface area contributed by atoms with Gasteiger partial charge < -0.3 is 14.0 Å². The average molecular weight is 454 g/mol. The second-order valence-corrected chi connectivity index (χ2v) is 7.51. The monoisotopic (exact) mass is 453 g/mol. The highest BCUT2D eigenvalue weighted by molar-refractivity contribution is 6.42. The minimum absolute atomic E-state index is 0.0480. The molecule has 1 heterocycles. The first-order valence-corrected chi connectivity index (χ1v) is 10.4. The summed E-state index contributed by atoms with van der Waals surface area (Å²) in [5, 5.41) is 0.521. The van der Waals surface area contributed by atoms with Gasteiger partial charge in [0.05, 0.1) is 24.9 Å². The maximum Gasteiger partial charge on any atom is 0.320 e. The van der Waals surface area contributed by atoms with Crippen LogP contribution >= 0.6 is 23.2 Å². The van der Waals surface area contributed by atoms with E-state index in [0.717, 1.165) is 12.8 Å². The minimum Gasteiger partial charge on any atom is -0.468 e. The first-order chi connectivity index (χ1) is 14.4. The van der Waals surface area contributed by atoms with Crippen molar-refractivity contribution < 1.29 is 23.9 Å². The molecule has 0 spiro atoms. The first kappa shape index (κ1) is 24.0. The fourth-order valence-electron chi connectivity index (χ4n) is 3.26. The molecule has 0 aliphatic carbocycles. The van der Waals surface area contributed by atoms with Gasteiger partial charge in [0.1, 0.15) is 5.15 Å². The van der Waals surface area contributed by atoms with Crippen molar-refractivity contribution in [3.05, 3.63) is 57.3 Å². The smallest absolute Gasteiger partial charge is 0.320 e. The zero-order valence-electron chi connectivity index (χ0n) is 17.2. The third kappa shape index (κ3) is 5.24. The predicted octanol–water partition coefficient (Wildman–Crippen LogP) is 4.72. The van der Waals surface area contributed by atoms with E-state index < -0.39 is 17.9 Å². The van der Waals surface area contributed by atoms with Crippen molar-refractivity contribution in [3.63, 3.8) is 0 Å². The van der Waals surface area contributed by atoms with E-state index in [0.29, 0.717) is 28.3 Å². The summed E-state index contributed by atoms with van der Waals surface area (Å²) in [6.07, 6.45) is 2.40. The van der Waals surface area contributed by atoms with Crippen LogP contribution in [0, 0.1) is 5.92 Å². The Morgan fingerprint density at radius 2 is 1.63 bits per heavy atom. The van der Waals surface area contributed by atoms with E-state index in [2.05, 4.69) is 0 Å². The van der Waals surface area contributed by atoms with Crippen molar-refractivity contribution in [3.8, 4) is 0 Å². The largest absolute Gasteiger partial charge is 0.468 e. The second-order valence-electron chi connectivity index (χ2n) is 6.77. The Labute approximate surface area is 186 Å². The molecule has 0 bridgehead atoms. The van der Waals surface area contributed by atoms with Gasteiger partial charge in [0.15, 0.2) is 5.92 Å². The van der Waals surface area contributed by atoms with Gasteiger partial charge in [0.25, 0.3) is 0 Å². The molecular weight excluding hydrogens is 429 g/mol. The van der Waals surface area contributed by atoms with Crippen LogP contribution in [-0.2, 0) is 32.0 Å². The Morgan fingerprint density at radius 3 is 2.17 bits per heavy atom. The highest BCUT2D eigenvalue weighted by atomic mass is 35.5. The van der Waals surface area contributed by atoms with Gasteiger partial charge in [-0.2, -0.15) is 0 Å². The van der Waals surface area contributed by atoms with E-state index in [4.69, 9.17) is 32.7 Å². The normalized spacial score (nSPS) is 10.9. The number of halogens is 2. The van der Waals surface area contributed by atoms with Gasteiger partial charge in [-0.1, -0.05) is 66.9 Å². The highest BCUT2D eigenvalue weighted by Gasteiger charge is 2.31. The Balaban J connectivity index is 2.48. The average Bonchev–Trinajstić information content (AvgIpc) is 3.01. The molecule has 0 amide bonds. The highest BCUT2D eigenvalue weighted by Crippen LogP contribution is 2.35. The lowest BCUT2D eigenvalue weighted by Gasteiger charge is -2.15. The van der Waals surface area contributed by atoms with Gasteiger partial charge in [-0.25, -0.2) is 0 Å². The third-order valence-corrected chi connectivity index (χ3v) is 5.78. The number of ketones is 1. The molecule has 2 rings (SSSR count). The number of carbonyl (C=O) groups is 3. The number of esters is 2. The van der Waals surface area contributed by atoms with E-state index in [1.54, 1.807) is 28.8 Å². The summed E-state index contributed by atoms with van der Waals surface area (Å²) < 4.78 is 11.0. The van der Waals surface area contributed by atoms with Gasteiger partial charge in [-0.3, -0.25) is 14.4 Å². The van der Waals surface area contributed by atoms with E-state index in [9.17, 15) is 14.4 Å². The molecule has 8 heteroatoms. The molecule has 0 saturated heterocycles. The number of methoxy groups -OCH3 is 2. The van der Waals surface area contributed by atoms with Crippen molar-refractivity contribution >= 4 is 40.9 Å². The number of hydrogen-bond donors (Lipinski definition) is 0. The number of benzene rings is 1. The molecule has 0 unspecified atom stereocenters. The molecule has 0 atom stereocenters. The van der Waals surface area contributed by atoms with Crippen LogP contribution in [0.3, 0.4) is 0 Å². The third-order valence-electron chi connectivity index (χ3n) is 4.88. The Hall–Kier alpha value is -2.31. The molecule has 0 N–H and O–H groups in total. The molecular formula is C22H25Cl2NO5. The molecule has 2 aromatic rings. The Bertz CT molecular complexity index is 892. The molecule has 0 aliphatic rings. The van der Waals surface area contributed by atoms with Crippen LogP contribution in [0.2, 0.25) is 10.2 Å². The second kappa shape index (κ2) is 11.2. The molecule has 0 saturated carbocycles. The number of aromatic nitrogens is 1. The lowest BCUT2D eigenvalue weighted by atomic mass is 10.0. The number of nitrogens with zero attached hydrogens (tertiary/aromatic N) is 1. The summed E-state index contributed by atoms with van der Waals surface area (Å²) in [4.78, 5) is 37.3. The van der Waals surface area contributed by atoms with Crippen LogP contribution in [0.15, 0.2) is 30.3 Å². The van der Waals surface area contributed by atoms with Crippen molar-refractivity contribution in [2.75, 3.05) is 14.2 Å². The number of hydrogen-bond acceptors (Lipinski definition) is 5. The summed E-state index contributed by atoms with van der Waals surface area (Å²) in [5.74, 6) is -2.77. The predicted molar refractivity (Wildman–Crippen MR) is 115 cm³/mol. The van der Waals surface area contributed by atoms with E-state index >= 15 is 0 Å². The fourth-order valence-corrected chi connectivity index (χ4v) is 3.83. The van der Waals surface area contributed by atoms with Gasteiger partial charge in [-0.15, -0.1) is 0 Å². The standard InChI is InChI=1S/C22H25Cl2NO5/c1-4-5-11-15-17(23)20(24)25(13-12-16(21(27)29-2)22(28)30-3)18(15)19(26)14-9-7-6-8-10-14/h6-10,16H,4-5,11-13H2,1-3H3. The topological polar surface area (TPSA) is 74.6 Å². The van der Waals surface area contributed by atoms with Crippen LogP contribution in [-0.4, -0.2) is 36.5 Å². The summed E-state index contributed by atoms with van der Waals surface area (Å²) in [6, 6.07) is 8.82. The van der Waals surface area contributed by atoms with E-state index in [-0.39, 0.29) is 23.9 Å². The minimum atomic E-state index is -1.13. The Morgan fingerprint density at radius 1 is 1.03 bits per heavy atom. The summed E-state index contributed by atoms with van der Waals surface area (Å²) >= 11 is 13.0. The number of rotatable bonds is 10. The van der Waals surface area contributed by atoms with E-state index in [1.165, 1.54) is 14.2 Å². The van der Waals surface area contributed by atoms with Crippen LogP contribution in [0.4, 0.5) is 0 Å². The van der Waals surface area contributed by atoms with Gasteiger partial charge >= 0.3 is 11.9 Å². The van der Waals surface area contributed by atoms with Crippen LogP contribution in [0.5, 0.6) is 0 Å². The molecule has 0 radical (unpaired) electrons. The molecule has 1 aromatic carbocycles. The quantitative estimate of drug-likeness (QED) is 0.295. The zero-order chi connectivity index (χ0) is 22.3. The van der Waals surface area contributed by atoms with Crippen molar-refractivity contribution in [2.24, 2.45) is 5.92 Å². The first-order valence-electron chi connectivity index (χ1n) is 9.69. The van der Waals surface area contributed by atoms with Crippen LogP contribution in [0.1, 0.15) is 47.8 Å². The van der Waals surface area contributed by atoms with Gasteiger partial charge in [0, 0.05) is 17.7 Å². The SMILES string of the molecule is CCCCc1c(Cl)c(Cl)n(CCC(C(=O)OC)C(=O)OC)c1C(=O)c1ccccc1. The van der Waals surface area contributed by atoms with Crippen molar-refractivity contribution in [1.82, 2.24) is 4.57 Å². The lowest BCUT2D eigenvalue weighted by Crippen LogP contribution is -2.28. The molecule has 162 valence electrons. The van der Waals surface area contributed by atoms with E-state index in [1.807, 2.05) is 13.0 Å². The maximum absolute atomic E-state index is 13.3. The lowest BCUT2D eigenvalue weighted by molar-refractivity contribution is -0.159. The molecule has 6 nitrogen and oxygen atoms in total. The number of carbonyl (C=O) groups excluding carboxylic acids is 3. The summed E-state index contributed by atoms with van der Waals surface area (Å²) in [7, 11) is 2.40.